The Kier molecular flexibility index (Phi) is 24.3. The van der Waals surface area contributed by atoms with Gasteiger partial charge in [-0.05, 0) is 162 Å². The summed E-state index contributed by atoms with van der Waals surface area (Å²) >= 11 is -1.68. The van der Waals surface area contributed by atoms with Gasteiger partial charge in [0.05, 0.1) is 33.6 Å². The van der Waals surface area contributed by atoms with Gasteiger partial charge in [-0.25, -0.2) is 0 Å². The predicted molar refractivity (Wildman–Crippen MR) is 366 cm³/mol. The van der Waals surface area contributed by atoms with Gasteiger partial charge in [0.2, 0.25) is 0 Å². The van der Waals surface area contributed by atoms with E-state index in [9.17, 15) is 26.4 Å². The van der Waals surface area contributed by atoms with Crippen LogP contribution in [-0.2, 0) is 47.0 Å². The van der Waals surface area contributed by atoms with Crippen LogP contribution in [0.1, 0.15) is 136 Å². The molecule has 15 nitrogen and oxygen atoms in total. The van der Waals surface area contributed by atoms with Gasteiger partial charge in [-0.2, -0.15) is 21.6 Å². The third kappa shape index (κ3) is 18.1. The van der Waals surface area contributed by atoms with Crippen molar-refractivity contribution in [1.82, 2.24) is 23.4 Å². The van der Waals surface area contributed by atoms with Crippen LogP contribution in [0.2, 0.25) is 14.8 Å². The van der Waals surface area contributed by atoms with E-state index in [0.29, 0.717) is 36.6 Å². The fraction of sp³-hybridized carbons (Fsp3) is 0.847. The summed E-state index contributed by atoms with van der Waals surface area (Å²) in [6, 6.07) is 0. The number of Topliss-reactive ketones (excluding diaryl/α,β-unsaturated/α-hetero) is 1. The molecule has 87 heavy (non-hydrogen) atoms. The van der Waals surface area contributed by atoms with E-state index >= 15 is 0 Å². The first-order valence-corrected chi connectivity index (χ1v) is 45.2. The Hall–Kier alpha value is 0.874. The van der Waals surface area contributed by atoms with E-state index in [0.717, 1.165) is 68.5 Å². The first kappa shape index (κ1) is 75.3. The Labute approximate surface area is 539 Å². The summed E-state index contributed by atoms with van der Waals surface area (Å²) in [5.74, 6) is 7.10. The molecule has 9 fully saturated rings. The summed E-state index contributed by atoms with van der Waals surface area (Å²) in [6.45, 7) is 38.0. The molecule has 15 unspecified atom stereocenters. The third-order valence-corrected chi connectivity index (χ3v) is 30.9. The van der Waals surface area contributed by atoms with E-state index in [-0.39, 0.29) is 72.2 Å². The number of rotatable bonds is 5. The molecule has 28 heteroatoms. The van der Waals surface area contributed by atoms with Crippen molar-refractivity contribution in [3.63, 3.8) is 0 Å². The van der Waals surface area contributed by atoms with Gasteiger partial charge in [0, 0.05) is 71.6 Å². The van der Waals surface area contributed by atoms with Crippen molar-refractivity contribution >= 4 is 102 Å². The van der Waals surface area contributed by atoms with Gasteiger partial charge in [0.1, 0.15) is 11.5 Å². The minimum atomic E-state index is -5.51. The normalized spacial score (nSPS) is 34.9. The Morgan fingerprint density at radius 3 is 1.20 bits per heavy atom. The van der Waals surface area contributed by atoms with E-state index in [1.165, 1.54) is 57.1 Å². The first-order valence-electron chi connectivity index (χ1n) is 31.2. The van der Waals surface area contributed by atoms with Gasteiger partial charge < -0.3 is 32.1 Å². The molecule has 8 aliphatic heterocycles. The van der Waals surface area contributed by atoms with Crippen LogP contribution < -0.4 is 0 Å². The number of halogens is 3. The van der Waals surface area contributed by atoms with Crippen LogP contribution in [0.3, 0.4) is 0 Å². The van der Waals surface area contributed by atoms with Crippen LogP contribution in [0.25, 0.3) is 0 Å². The van der Waals surface area contributed by atoms with Crippen molar-refractivity contribution in [2.24, 2.45) is 59.2 Å². The number of carbonyl (C=O) groups is 1. The molecule has 8 saturated heterocycles. The van der Waals surface area contributed by atoms with Crippen LogP contribution in [0.5, 0.6) is 0 Å². The molecule has 13 aliphatic rings. The van der Waals surface area contributed by atoms with Gasteiger partial charge in [-0.1, -0.05) is 62.7 Å². The van der Waals surface area contributed by atoms with E-state index in [1.807, 2.05) is 63.6 Å². The Morgan fingerprint density at radius 1 is 0.494 bits per heavy atom. The molecule has 5 aliphatic carbocycles. The molecule has 494 valence electrons. The number of carbonyl (C=O) groups excluding carboxylic acids is 1. The molecule has 0 N–H and O–H groups in total. The number of hydrogen-bond donors (Lipinski definition) is 0. The number of hydrogen-bond acceptors (Lipinski definition) is 15. The molecular weight excluding hydrogens is 1330 g/mol. The summed E-state index contributed by atoms with van der Waals surface area (Å²) in [4.78, 5) is 18.6. The fourth-order valence-corrected chi connectivity index (χ4v) is 21.7. The summed E-state index contributed by atoms with van der Waals surface area (Å²) in [7, 11) is 7.11. The van der Waals surface area contributed by atoms with Gasteiger partial charge in [-0.15, -0.1) is 0 Å². The number of fused-ring (bicyclic) bond motifs is 5. The first-order chi connectivity index (χ1) is 39.3. The van der Waals surface area contributed by atoms with E-state index in [4.69, 9.17) is 27.9 Å². The Morgan fingerprint density at radius 2 is 0.828 bits per heavy atom. The summed E-state index contributed by atoms with van der Waals surface area (Å²) in [6.07, 6.45) is 14.8. The van der Waals surface area contributed by atoms with Crippen molar-refractivity contribution < 1.29 is 58.5 Å². The SMILES string of the molecule is C.CC1(C)OB(B2OC(C)(C)C(C)(C)O2)OC1(C)C.CC1(C)OB(C2=CC3CN(P)CC3C2)OC1(C)C.CC1=CC2CN(P)CC2C1.O=C1CC2CN(P)CC2C1.O=S(=O)(OC1=CC2CN(P)CC2C1)C(F)(F)F.[CH3][Sn]([CH3])([CH3])[C]1=CC2CN(P)CC2C1. The second-order valence-electron chi connectivity index (χ2n) is 30.9. The monoisotopic (exact) mass is 1440 g/mol. The van der Waals surface area contributed by atoms with Crippen molar-refractivity contribution in [2.45, 2.75) is 190 Å². The van der Waals surface area contributed by atoms with E-state index in [1.54, 1.807) is 5.57 Å². The molecule has 0 aromatic rings. The van der Waals surface area contributed by atoms with E-state index < -0.39 is 48.0 Å². The quantitative estimate of drug-likeness (QED) is 0.0850. The standard InChI is InChI=1S/C13H23BNO2P.C12H24B2O4.C8H11F3NO3PS.C8H14NP.C7H12NOP.C7H11NP.CH4.3CH3.Sn/c1-12(2)13(3,4)17-14(16-12)11-5-9-7-15(18)8-10(9)6-11;1-9(2)10(3,4)16-13(15-9)14-17-11(5,6)12(7,8)18-14;9-8(10,11)17(13,14)15-7-1-5-3-12(16)4-6(5)2-7;1-6-2-7-4-9(10)5-8(7)3-6;9-7-1-5-3-8(10)4-6(5)2-7;9-8-4-6-2-1-3-7(6)5-8;;;;;/h5,9-10H,6-8,18H2,1-4H3;1-8H3;1,5-6H,2-4,16H2;2,7-8H,3-5,10H2,1H3;5-6H,1-4,10H2;2,6-7H,3-5,9H2;1H4;3*1H3;. The number of nitrogens with zero attached hydrogens (tertiary/aromatic N) is 5. The van der Waals surface area contributed by atoms with Crippen molar-refractivity contribution in [3.05, 3.63) is 44.7 Å². The predicted octanol–water partition coefficient (Wildman–Crippen LogP) is 11.5. The Bertz CT molecular complexity index is 2610. The van der Waals surface area contributed by atoms with Crippen LogP contribution in [-0.4, -0.2) is 182 Å². The van der Waals surface area contributed by atoms with Crippen molar-refractivity contribution in [2.75, 3.05) is 65.4 Å². The van der Waals surface area contributed by atoms with Gasteiger partial charge in [0.15, 0.2) is 0 Å². The third-order valence-electron chi connectivity index (χ3n) is 21.2. The van der Waals surface area contributed by atoms with Crippen molar-refractivity contribution in [1.29, 1.82) is 0 Å². The zero-order valence-electron chi connectivity index (χ0n) is 54.4. The minimum absolute atomic E-state index is 0. The van der Waals surface area contributed by atoms with Gasteiger partial charge in [0.25, 0.3) is 0 Å². The molecule has 13 rings (SSSR count). The fourth-order valence-electron chi connectivity index (χ4n) is 14.1. The van der Waals surface area contributed by atoms with Gasteiger partial charge >= 0.3 is 125 Å². The molecule has 0 bridgehead atoms. The molecule has 0 aromatic heterocycles. The zero-order valence-corrected chi connectivity index (χ0v) is 63.8. The van der Waals surface area contributed by atoms with Crippen LogP contribution in [0, 0.1) is 59.2 Å². The number of ketones is 1. The maximum atomic E-state index is 12.1. The number of allylic oxidation sites excluding steroid dienone is 4. The van der Waals surface area contributed by atoms with Gasteiger partial charge in [-0.3, -0.25) is 23.5 Å². The Balaban J connectivity index is 0.000000151. The summed E-state index contributed by atoms with van der Waals surface area (Å²) < 4.78 is 111. The van der Waals surface area contributed by atoms with Crippen LogP contribution in [0.15, 0.2) is 44.7 Å². The molecule has 8 heterocycles. The second kappa shape index (κ2) is 28.1. The summed E-state index contributed by atoms with van der Waals surface area (Å²) in [5, 5.41) is 0. The zero-order chi connectivity index (χ0) is 63.9. The maximum absolute atomic E-state index is 12.1. The number of alkyl halides is 3. The van der Waals surface area contributed by atoms with Crippen LogP contribution in [0.4, 0.5) is 13.2 Å². The second-order valence-corrected chi connectivity index (χ2v) is 50.8. The molecular formula is C59H108B3F3N5O10P5SSn. The van der Waals surface area contributed by atoms with E-state index in [2.05, 4.69) is 137 Å². The van der Waals surface area contributed by atoms with Crippen molar-refractivity contribution in [3.8, 4) is 0 Å². The molecule has 1 saturated carbocycles. The molecule has 0 radical (unpaired) electrons. The molecule has 0 amide bonds. The average Bonchev–Trinajstić information content (AvgIpc) is 1.79. The molecule has 0 spiro atoms. The summed E-state index contributed by atoms with van der Waals surface area (Å²) in [5.41, 5.74) is -4.27. The van der Waals surface area contributed by atoms with Crippen LogP contribution >= 0.6 is 47.0 Å². The molecule has 15 atom stereocenters. The molecule has 0 aromatic carbocycles. The average molecular weight is 1440 g/mol. The topological polar surface area (TPSA) is 132 Å².